The molecule has 1 aliphatic rings. The molecule has 2 aromatic rings. The highest BCUT2D eigenvalue weighted by Crippen LogP contribution is 2.21. The van der Waals surface area contributed by atoms with Gasteiger partial charge >= 0.3 is 0 Å². The second-order valence-corrected chi connectivity index (χ2v) is 7.80. The number of amides is 1. The van der Waals surface area contributed by atoms with E-state index >= 15 is 0 Å². The summed E-state index contributed by atoms with van der Waals surface area (Å²) in [5.41, 5.74) is 3.46. The summed E-state index contributed by atoms with van der Waals surface area (Å²) in [4.78, 5) is 35.9. The lowest BCUT2D eigenvalue weighted by Gasteiger charge is -2.36. The molecule has 1 aliphatic heterocycles. The highest BCUT2D eigenvalue weighted by molar-refractivity contribution is 5.93. The Morgan fingerprint density at radius 2 is 1.82 bits per heavy atom. The molecule has 1 aromatic carbocycles. The maximum absolute atomic E-state index is 12.3. The quantitative estimate of drug-likeness (QED) is 0.826. The Labute approximate surface area is 165 Å². The van der Waals surface area contributed by atoms with Gasteiger partial charge in [0.2, 0.25) is 5.95 Å². The first-order valence-corrected chi connectivity index (χ1v) is 9.80. The molecule has 0 atom stereocenters. The Bertz CT molecular complexity index is 898. The first-order valence-electron chi connectivity index (χ1n) is 9.80. The number of aromatic amines is 1. The van der Waals surface area contributed by atoms with E-state index in [2.05, 4.69) is 57.1 Å². The second-order valence-electron chi connectivity index (χ2n) is 7.80. The van der Waals surface area contributed by atoms with Gasteiger partial charge in [-0.15, -0.1) is 0 Å². The zero-order valence-corrected chi connectivity index (χ0v) is 17.1. The van der Waals surface area contributed by atoms with Gasteiger partial charge in [-0.25, -0.2) is 4.98 Å². The number of piperazine rings is 1. The minimum atomic E-state index is -0.400. The monoisotopic (exact) mass is 383 g/mol. The summed E-state index contributed by atoms with van der Waals surface area (Å²) in [6.45, 7) is 12.0. The number of benzene rings is 1. The van der Waals surface area contributed by atoms with Crippen LogP contribution in [0.4, 0.5) is 11.6 Å². The predicted molar refractivity (Wildman–Crippen MR) is 112 cm³/mol. The molecule has 0 aliphatic carbocycles. The third-order valence-electron chi connectivity index (χ3n) is 5.14. The molecule has 1 fully saturated rings. The largest absolute Gasteiger partial charge is 0.368 e. The number of hydrogen-bond donors (Lipinski definition) is 2. The summed E-state index contributed by atoms with van der Waals surface area (Å²) in [6.07, 6.45) is 1.37. The smallest absolute Gasteiger partial charge is 0.265 e. The van der Waals surface area contributed by atoms with Crippen molar-refractivity contribution >= 4 is 17.5 Å². The fourth-order valence-electron chi connectivity index (χ4n) is 3.20. The highest BCUT2D eigenvalue weighted by Gasteiger charge is 2.20. The van der Waals surface area contributed by atoms with Crippen LogP contribution < -0.4 is 20.7 Å². The number of nitrogens with one attached hydrogen (secondary N) is 2. The van der Waals surface area contributed by atoms with Crippen molar-refractivity contribution in [2.24, 2.45) is 5.92 Å². The molecule has 0 saturated carbocycles. The van der Waals surface area contributed by atoms with Crippen molar-refractivity contribution in [3.05, 3.63) is 51.4 Å². The van der Waals surface area contributed by atoms with Crippen molar-refractivity contribution in [2.45, 2.75) is 27.7 Å². The van der Waals surface area contributed by atoms with E-state index in [0.717, 1.165) is 26.2 Å². The maximum atomic E-state index is 12.3. The van der Waals surface area contributed by atoms with Crippen molar-refractivity contribution in [3.63, 3.8) is 0 Å². The molecule has 0 radical (unpaired) electrons. The number of nitrogens with zero attached hydrogens (tertiary/aromatic N) is 3. The Hall–Kier alpha value is -2.83. The Morgan fingerprint density at radius 3 is 2.43 bits per heavy atom. The molecule has 0 spiro atoms. The van der Waals surface area contributed by atoms with E-state index in [-0.39, 0.29) is 11.5 Å². The van der Waals surface area contributed by atoms with E-state index < -0.39 is 5.56 Å². The zero-order valence-electron chi connectivity index (χ0n) is 17.1. The van der Waals surface area contributed by atoms with E-state index in [4.69, 9.17) is 0 Å². The number of carbonyl (C=O) groups is 1. The lowest BCUT2D eigenvalue weighted by molar-refractivity contribution is 0.0947. The van der Waals surface area contributed by atoms with E-state index in [0.29, 0.717) is 18.4 Å². The SMILES string of the molecule is Cc1ccc(N2CCN(c3ncc(C(=O)NCC(C)C)c(=O)[nH]3)CC2)cc1C. The first kappa shape index (κ1) is 19.9. The molecule has 2 N–H and O–H groups in total. The third kappa shape index (κ3) is 4.52. The van der Waals surface area contributed by atoms with Crippen LogP contribution in [0.5, 0.6) is 0 Å². The number of carbonyl (C=O) groups excluding carboxylic acids is 1. The van der Waals surface area contributed by atoms with Crippen LogP contribution in [0.2, 0.25) is 0 Å². The van der Waals surface area contributed by atoms with Gasteiger partial charge in [0.15, 0.2) is 0 Å². The van der Waals surface area contributed by atoms with Crippen LogP contribution in [0.25, 0.3) is 0 Å². The van der Waals surface area contributed by atoms with Gasteiger partial charge in [0.25, 0.3) is 11.5 Å². The van der Waals surface area contributed by atoms with E-state index in [1.165, 1.54) is 23.0 Å². The van der Waals surface area contributed by atoms with Crippen LogP contribution in [0.1, 0.15) is 35.3 Å². The van der Waals surface area contributed by atoms with E-state index in [1.54, 1.807) is 0 Å². The van der Waals surface area contributed by atoms with Gasteiger partial charge in [0, 0.05) is 44.6 Å². The standard InChI is InChI=1S/C21H29N5O2/c1-14(2)12-22-19(27)18-13-23-21(24-20(18)28)26-9-7-25(8-10-26)17-6-5-15(3)16(4)11-17/h5-6,11,13-14H,7-10,12H2,1-4H3,(H,22,27)(H,23,24,28). The minimum Gasteiger partial charge on any atom is -0.368 e. The fraction of sp³-hybridized carbons (Fsp3) is 0.476. The number of anilines is 2. The molecule has 28 heavy (non-hydrogen) atoms. The summed E-state index contributed by atoms with van der Waals surface area (Å²) in [7, 11) is 0. The number of H-pyrrole nitrogens is 1. The molecule has 7 nitrogen and oxygen atoms in total. The molecular weight excluding hydrogens is 354 g/mol. The Morgan fingerprint density at radius 1 is 1.14 bits per heavy atom. The van der Waals surface area contributed by atoms with Crippen LogP contribution in [-0.2, 0) is 0 Å². The molecule has 3 rings (SSSR count). The third-order valence-corrected chi connectivity index (χ3v) is 5.14. The van der Waals surface area contributed by atoms with Crippen LogP contribution in [0, 0.1) is 19.8 Å². The number of hydrogen-bond acceptors (Lipinski definition) is 5. The Balaban J connectivity index is 1.64. The lowest BCUT2D eigenvalue weighted by Crippen LogP contribution is -2.47. The van der Waals surface area contributed by atoms with Crippen LogP contribution >= 0.6 is 0 Å². The number of aryl methyl sites for hydroxylation is 2. The number of aromatic nitrogens is 2. The molecular formula is C21H29N5O2. The Kier molecular flexibility index (Phi) is 6.02. The van der Waals surface area contributed by atoms with Crippen LogP contribution in [0.15, 0.2) is 29.2 Å². The molecule has 0 bridgehead atoms. The van der Waals surface area contributed by atoms with Crippen molar-refractivity contribution in [3.8, 4) is 0 Å². The summed E-state index contributed by atoms with van der Waals surface area (Å²) in [5, 5.41) is 2.75. The van der Waals surface area contributed by atoms with Crippen molar-refractivity contribution in [1.82, 2.24) is 15.3 Å². The number of rotatable bonds is 5. The summed E-state index contributed by atoms with van der Waals surface area (Å²) >= 11 is 0. The van der Waals surface area contributed by atoms with Gasteiger partial charge in [0.1, 0.15) is 5.56 Å². The summed E-state index contributed by atoms with van der Waals surface area (Å²) in [5.74, 6) is 0.461. The summed E-state index contributed by atoms with van der Waals surface area (Å²) in [6, 6.07) is 6.53. The molecule has 150 valence electrons. The van der Waals surface area contributed by atoms with Crippen LogP contribution in [-0.4, -0.2) is 48.6 Å². The van der Waals surface area contributed by atoms with Crippen molar-refractivity contribution < 1.29 is 4.79 Å². The van der Waals surface area contributed by atoms with Gasteiger partial charge in [-0.1, -0.05) is 19.9 Å². The lowest BCUT2D eigenvalue weighted by atomic mass is 10.1. The first-order chi connectivity index (χ1) is 13.3. The van der Waals surface area contributed by atoms with Gasteiger partial charge in [-0.3, -0.25) is 14.6 Å². The van der Waals surface area contributed by atoms with Crippen molar-refractivity contribution in [1.29, 1.82) is 0 Å². The van der Waals surface area contributed by atoms with Crippen LogP contribution in [0.3, 0.4) is 0 Å². The van der Waals surface area contributed by atoms with Gasteiger partial charge in [0.05, 0.1) is 0 Å². The average Bonchev–Trinajstić information content (AvgIpc) is 2.68. The average molecular weight is 383 g/mol. The minimum absolute atomic E-state index is 0.0539. The van der Waals surface area contributed by atoms with E-state index in [9.17, 15) is 9.59 Å². The van der Waals surface area contributed by atoms with Crippen molar-refractivity contribution in [2.75, 3.05) is 42.5 Å². The molecule has 2 heterocycles. The topological polar surface area (TPSA) is 81.3 Å². The zero-order chi connectivity index (χ0) is 20.3. The molecule has 1 amide bonds. The van der Waals surface area contributed by atoms with Gasteiger partial charge in [-0.05, 0) is 43.0 Å². The predicted octanol–water partition coefficient (Wildman–Crippen LogP) is 2.10. The fourth-order valence-corrected chi connectivity index (χ4v) is 3.20. The van der Waals surface area contributed by atoms with E-state index in [1.807, 2.05) is 13.8 Å². The van der Waals surface area contributed by atoms with Gasteiger partial charge in [-0.2, -0.15) is 0 Å². The molecule has 0 unspecified atom stereocenters. The van der Waals surface area contributed by atoms with Gasteiger partial charge < -0.3 is 15.1 Å². The molecule has 1 aromatic heterocycles. The normalized spacial score (nSPS) is 14.5. The second kappa shape index (κ2) is 8.46. The highest BCUT2D eigenvalue weighted by atomic mass is 16.2. The maximum Gasteiger partial charge on any atom is 0.265 e. The summed E-state index contributed by atoms with van der Waals surface area (Å²) < 4.78 is 0. The molecule has 1 saturated heterocycles. The molecule has 7 heteroatoms.